The number of imidazole rings is 1. The van der Waals surface area contributed by atoms with Gasteiger partial charge >= 0.3 is 5.97 Å². The number of phenolic OH excluding ortho intramolecular Hbond substituents is 3. The number of aliphatic hydroxyl groups is 7. The molecule has 6 aromatic rings. The number of carbonyl (C=O) groups excluding carboxylic acids is 17. The lowest BCUT2D eigenvalue weighted by Crippen LogP contribution is -2.63. The van der Waals surface area contributed by atoms with Gasteiger partial charge in [-0.3, -0.25) is 86.9 Å². The molecule has 54 heteroatoms. The van der Waals surface area contributed by atoms with Crippen LogP contribution in [-0.2, 0) is 118 Å². The molecule has 0 saturated carbocycles. The average Bonchev–Trinajstić information content (AvgIpc) is 1.67. The van der Waals surface area contributed by atoms with E-state index in [4.69, 9.17) is 22.6 Å². The summed E-state index contributed by atoms with van der Waals surface area (Å²) < 4.78 is 0. The Kier molecular flexibility index (Phi) is 48.0. The number of aliphatic carboxylic acids is 1. The molecular weight excluding hydrogens is 1910 g/mol. The fraction of sp³-hybridized carbons (Fsp3) is 0.467. The Labute approximate surface area is 827 Å². The highest BCUT2D eigenvalue weighted by Crippen LogP contribution is 2.22. The number of carboxylic acids is 1. The van der Waals surface area contributed by atoms with E-state index in [1.165, 1.54) is 118 Å². The zero-order valence-corrected chi connectivity index (χ0v) is 79.8. The Morgan fingerprint density at radius 2 is 0.743 bits per heavy atom. The molecule has 0 unspecified atom stereocenters. The summed E-state index contributed by atoms with van der Waals surface area (Å²) in [6, 6.07) is -7.32. The number of aromatic hydroxyl groups is 3. The monoisotopic (exact) mass is 2040 g/mol. The summed E-state index contributed by atoms with van der Waals surface area (Å²) in [7, 11) is 0. The van der Waals surface area contributed by atoms with Gasteiger partial charge in [-0.2, -0.15) is 11.8 Å². The van der Waals surface area contributed by atoms with Gasteiger partial charge in [-0.25, -0.2) is 9.78 Å². The lowest BCUT2D eigenvalue weighted by molar-refractivity contribution is -0.142. The Balaban J connectivity index is 1.13. The number of amides is 17. The highest BCUT2D eigenvalue weighted by Gasteiger charge is 2.41. The molecule has 0 aliphatic heterocycles. The van der Waals surface area contributed by atoms with E-state index < -0.39 is 286 Å². The highest BCUT2D eigenvalue weighted by molar-refractivity contribution is 7.98. The number of primary amides is 1. The number of fused-ring (bicyclic) bond motifs is 1. The number of carbonyl (C=O) groups is 18. The van der Waals surface area contributed by atoms with Crippen molar-refractivity contribution in [3.8, 4) is 17.2 Å². The van der Waals surface area contributed by atoms with E-state index in [0.717, 1.165) is 6.92 Å². The number of benzene rings is 4. The number of H-pyrrole nitrogens is 2. The molecule has 37 N–H and O–H groups in total. The van der Waals surface area contributed by atoms with Gasteiger partial charge in [-0.15, -0.1) is 0 Å². The van der Waals surface area contributed by atoms with Crippen LogP contribution >= 0.6 is 11.8 Å². The fourth-order valence-corrected chi connectivity index (χ4v) is 14.5. The molecule has 0 bridgehead atoms. The second kappa shape index (κ2) is 58.9. The number of carboxylic acid groups (broad SMARTS) is 1. The summed E-state index contributed by atoms with van der Waals surface area (Å²) in [6.07, 6.45) is 1.30. The first-order valence-electron chi connectivity index (χ1n) is 45.2. The molecule has 0 radical (unpaired) electrons. The van der Waals surface area contributed by atoms with Crippen molar-refractivity contribution in [3.63, 3.8) is 0 Å². The first-order chi connectivity index (χ1) is 68.3. The maximum atomic E-state index is 14.9. The predicted molar refractivity (Wildman–Crippen MR) is 512 cm³/mol. The number of hydrogen-bond acceptors (Lipinski definition) is 32. The minimum Gasteiger partial charge on any atom is -0.508 e. The first kappa shape index (κ1) is 117. The molecule has 0 spiro atoms. The van der Waals surface area contributed by atoms with Crippen molar-refractivity contribution in [3.05, 3.63) is 144 Å². The van der Waals surface area contributed by atoms with E-state index in [-0.39, 0.29) is 78.7 Å². The second-order valence-corrected chi connectivity index (χ2v) is 34.7. The summed E-state index contributed by atoms with van der Waals surface area (Å²) in [5.74, 6) is -23.2. The van der Waals surface area contributed by atoms with Crippen LogP contribution in [0.15, 0.2) is 116 Å². The number of hydrogen-bond donors (Lipinski definition) is 34. The van der Waals surface area contributed by atoms with Crippen LogP contribution in [0.3, 0.4) is 0 Å². The minimum absolute atomic E-state index is 0.0985. The summed E-state index contributed by atoms with van der Waals surface area (Å²) in [6.45, 7) is -2.35. The summed E-state index contributed by atoms with van der Waals surface area (Å²) in [5, 5.41) is 162. The number of guanidine groups is 1. The summed E-state index contributed by atoms with van der Waals surface area (Å²) in [4.78, 5) is 260. The molecule has 17 amide bonds. The van der Waals surface area contributed by atoms with Gasteiger partial charge in [0.2, 0.25) is 100 Å². The van der Waals surface area contributed by atoms with Crippen LogP contribution in [0.5, 0.6) is 17.2 Å². The van der Waals surface area contributed by atoms with Crippen molar-refractivity contribution < 1.29 is 142 Å². The van der Waals surface area contributed by atoms with Crippen LogP contribution in [0.2, 0.25) is 0 Å². The minimum atomic E-state index is -2.15. The van der Waals surface area contributed by atoms with Crippen LogP contribution in [-0.4, -0.2) is 350 Å². The van der Waals surface area contributed by atoms with Gasteiger partial charge in [0.1, 0.15) is 114 Å². The third-order valence-electron chi connectivity index (χ3n) is 22.2. The number of para-hydroxylation sites is 1. The van der Waals surface area contributed by atoms with Gasteiger partial charge in [-0.05, 0) is 122 Å². The number of aliphatic hydroxyl groups excluding tert-OH is 7. The number of rotatable bonds is 61. The van der Waals surface area contributed by atoms with Gasteiger partial charge in [0.05, 0.1) is 58.1 Å². The van der Waals surface area contributed by atoms with E-state index >= 15 is 0 Å². The smallest absolute Gasteiger partial charge is 0.326 e. The van der Waals surface area contributed by atoms with Crippen molar-refractivity contribution in [2.75, 3.05) is 58.2 Å². The van der Waals surface area contributed by atoms with Crippen LogP contribution < -0.4 is 108 Å². The topological polar surface area (TPSA) is 881 Å². The zero-order valence-electron chi connectivity index (χ0n) is 79.0. The quantitative estimate of drug-likeness (QED) is 0.00958. The SMILES string of the molecule is CSCC[C@H](NC(=O)[C@H](Cc1ccc(O)cc1)NC(=O)[C@H](CO)NC(=O)[C@H](Cc1ccc(O)cc1)NC(=O)[C@H](CO)NC(=O)[C@H](CO)NC(=O)[C@@H](NC(=O)[C@H](CO)NC(=O)[C@@H](NC(=O)[C@H](CO)NC(=O)[C@H](CCC(N)=O)NC(=O)[C@H](CO)NC(=O)[C@H](C)NC(=O)[C@@H](N)CCCNC(=N)N)C(C)C)[C@@H](C)O)C(=O)N[C@@H](Cc1cnc[nH]1)C(=O)N[C@@H](Cc1c[nH]c2ccccc12)C(=O)N[C@@H](Cc1ccc(O)cc1)C(=O)O. The molecule has 0 saturated heterocycles. The average molecular weight is 2040 g/mol. The van der Waals surface area contributed by atoms with Gasteiger partial charge in [-0.1, -0.05) is 68.4 Å². The Morgan fingerprint density at radius 1 is 0.396 bits per heavy atom. The van der Waals surface area contributed by atoms with Crippen LogP contribution in [0.1, 0.15) is 87.7 Å². The molecule has 144 heavy (non-hydrogen) atoms. The van der Waals surface area contributed by atoms with Gasteiger partial charge in [0, 0.05) is 74.1 Å². The Hall–Kier alpha value is -15.2. The molecule has 0 aliphatic carbocycles. The maximum absolute atomic E-state index is 14.9. The van der Waals surface area contributed by atoms with Crippen molar-refractivity contribution >= 4 is 135 Å². The predicted octanol–water partition coefficient (Wildman–Crippen LogP) is -11.0. The Morgan fingerprint density at radius 3 is 1.13 bits per heavy atom. The molecule has 2 heterocycles. The van der Waals surface area contributed by atoms with Gasteiger partial charge < -0.3 is 174 Å². The standard InChI is InChI=1S/C90H126N24O29S/c1-43(2)71(113-85(138)68(40-119)108-75(128)57(24-25-70(92)125)100-81(134)64(36-115)107-73(126)44(3)99-74(127)55(91)10-8-27-96-90(93)94)87(140)111-69(41-120)86(139)114-72(45(4)121)88(141)112-67(39-118)84(137)110-66(38-117)83(136)103-60(30-47-14-20-52(123)21-15-47)78(131)109-65(37-116)82(135)102-59(29-46-12-18-51(122)19-13-46)77(130)101-58(26-28-144-5)76(129)105-62(33-50-35-95-42-98-50)80(133)104-61(32-49-34-97-56-11-7-6-9-54(49)56)79(132)106-63(89(142)143)31-48-16-22-53(124)23-17-48/h6-7,9,11-23,34-35,42-45,55,57-69,71-72,97,115-124H,8,10,24-33,36-41,91H2,1-5H3,(H2,92,125)(H,95,98)(H,99,127)(H,100,134)(H,101,130)(H,102,135)(H,103,136)(H,104,133)(H,105,129)(H,106,132)(H,107,126)(H,108,128)(H,109,131)(H,110,137)(H,111,140)(H,112,141)(H,113,138)(H,114,139)(H,142,143)(H4,93,94,96)/t44-,45+,55-,57-,58-,59-,60-,61-,62-,63-,64-,65-,66-,67-,68-,69-,71-,72-/m0/s1. The second-order valence-electron chi connectivity index (χ2n) is 33.7. The van der Waals surface area contributed by atoms with Crippen molar-refractivity contribution in [1.29, 1.82) is 5.41 Å². The molecule has 4 aromatic carbocycles. The Bertz CT molecular complexity index is 5370. The van der Waals surface area contributed by atoms with Crippen LogP contribution in [0.4, 0.5) is 0 Å². The molecule has 0 fully saturated rings. The molecule has 18 atom stereocenters. The van der Waals surface area contributed by atoms with E-state index in [0.29, 0.717) is 34.1 Å². The fourth-order valence-electron chi connectivity index (χ4n) is 14.1. The largest absolute Gasteiger partial charge is 0.508 e. The normalized spacial score (nSPS) is 14.9. The van der Waals surface area contributed by atoms with E-state index in [1.807, 2.05) is 5.32 Å². The molecule has 53 nitrogen and oxygen atoms in total. The van der Waals surface area contributed by atoms with Crippen LogP contribution in [0, 0.1) is 11.3 Å². The van der Waals surface area contributed by atoms with E-state index in [9.17, 15) is 142 Å². The number of nitrogens with zero attached hydrogens (tertiary/aromatic N) is 1. The maximum Gasteiger partial charge on any atom is 0.326 e. The molecule has 0 aliphatic rings. The van der Waals surface area contributed by atoms with Gasteiger partial charge in [0.25, 0.3) is 0 Å². The molecule has 786 valence electrons. The summed E-state index contributed by atoms with van der Waals surface area (Å²) >= 11 is 1.24. The number of aromatic amines is 2. The molecule has 6 rings (SSSR count). The van der Waals surface area contributed by atoms with E-state index in [2.05, 4.69) is 100 Å². The van der Waals surface area contributed by atoms with Gasteiger partial charge in [0.15, 0.2) is 5.96 Å². The van der Waals surface area contributed by atoms with Crippen molar-refractivity contribution in [1.82, 2.24) is 105 Å². The zero-order chi connectivity index (χ0) is 107. The van der Waals surface area contributed by atoms with Crippen molar-refractivity contribution in [2.24, 2.45) is 23.1 Å². The lowest BCUT2D eigenvalue weighted by Gasteiger charge is -2.29. The molecular formula is C90H126N24O29S. The summed E-state index contributed by atoms with van der Waals surface area (Å²) in [5.41, 5.74) is 18.8. The first-order valence-corrected chi connectivity index (χ1v) is 46.6. The number of nitrogens with one attached hydrogen (secondary N) is 20. The number of thioether (sulfide) groups is 1. The highest BCUT2D eigenvalue weighted by atomic mass is 32.2. The number of nitrogens with two attached hydrogens (primary N) is 3. The third kappa shape index (κ3) is 38.0. The number of phenols is 3. The van der Waals surface area contributed by atoms with E-state index in [1.54, 1.807) is 36.7 Å². The van der Waals surface area contributed by atoms with Crippen molar-refractivity contribution in [2.45, 2.75) is 201 Å². The lowest BCUT2D eigenvalue weighted by atomic mass is 10.0. The number of aromatic nitrogens is 3. The third-order valence-corrected chi connectivity index (χ3v) is 22.9. The van der Waals surface area contributed by atoms with Crippen LogP contribution in [0.25, 0.3) is 10.9 Å². The molecule has 2 aromatic heterocycles.